The van der Waals surface area contributed by atoms with Crippen LogP contribution < -0.4 is 0 Å². The Labute approximate surface area is 157 Å². The maximum Gasteiger partial charge on any atom is 0.342 e. The molecule has 1 fully saturated rings. The Balaban J connectivity index is 1.68. The van der Waals surface area contributed by atoms with Gasteiger partial charge in [0.15, 0.2) is 6.61 Å². The predicted octanol–water partition coefficient (Wildman–Crippen LogP) is 2.16. The average Bonchev–Trinajstić information content (AvgIpc) is 3.18. The summed E-state index contributed by atoms with van der Waals surface area (Å²) in [6.07, 6.45) is 1.02. The molecule has 142 valence electrons. The summed E-state index contributed by atoms with van der Waals surface area (Å²) >= 11 is 0. The number of aryl methyl sites for hydroxylation is 2. The molecule has 0 bridgehead atoms. The molecule has 0 atom stereocenters. The normalized spacial score (nSPS) is 13.9. The Kier molecular flexibility index (Phi) is 5.39. The van der Waals surface area contributed by atoms with E-state index in [-0.39, 0.29) is 5.91 Å². The molecule has 7 nitrogen and oxygen atoms in total. The van der Waals surface area contributed by atoms with Gasteiger partial charge in [-0.15, -0.1) is 0 Å². The number of hydrogen-bond acceptors (Lipinski definition) is 5. The van der Waals surface area contributed by atoms with E-state index in [2.05, 4.69) is 5.10 Å². The third kappa shape index (κ3) is 4.07. The molecular weight excluding hydrogens is 346 g/mol. The van der Waals surface area contributed by atoms with Gasteiger partial charge in [-0.1, -0.05) is 29.8 Å². The van der Waals surface area contributed by atoms with Gasteiger partial charge in [-0.3, -0.25) is 19.2 Å². The fourth-order valence-electron chi connectivity index (χ4n) is 3.20. The maximum atomic E-state index is 12.5. The van der Waals surface area contributed by atoms with Crippen LogP contribution in [0.25, 0.3) is 0 Å². The highest BCUT2D eigenvalue weighted by atomic mass is 16.5. The van der Waals surface area contributed by atoms with Crippen LogP contribution in [0.1, 0.15) is 45.7 Å². The van der Waals surface area contributed by atoms with Crippen LogP contribution >= 0.6 is 0 Å². The molecule has 0 N–H and O–H groups in total. The van der Waals surface area contributed by atoms with E-state index in [4.69, 9.17) is 4.74 Å². The zero-order valence-corrected chi connectivity index (χ0v) is 15.8. The highest BCUT2D eigenvalue weighted by molar-refractivity contribution is 5.99. The first-order chi connectivity index (χ1) is 12.9. The second-order valence-electron chi connectivity index (χ2n) is 6.81. The first-order valence-electron chi connectivity index (χ1n) is 8.96. The Bertz CT molecular complexity index is 883. The fourth-order valence-corrected chi connectivity index (χ4v) is 3.20. The van der Waals surface area contributed by atoms with Crippen LogP contribution in [0.15, 0.2) is 24.3 Å². The zero-order valence-electron chi connectivity index (χ0n) is 15.8. The molecule has 1 saturated heterocycles. The zero-order chi connectivity index (χ0) is 19.6. The van der Waals surface area contributed by atoms with Crippen molar-refractivity contribution in [1.82, 2.24) is 14.7 Å². The number of amides is 2. The SMILES string of the molecule is Cc1ccc(Cn2nc(C)c(C(=O)OCC(=O)N3CCCC3=O)c2C)cc1. The standard InChI is InChI=1S/C20H23N3O4/c1-13-6-8-16(9-7-13)11-23-15(3)19(14(2)21-23)20(26)27-12-18(25)22-10-4-5-17(22)24/h6-9H,4-5,10-12H2,1-3H3. The van der Waals surface area contributed by atoms with Crippen LogP contribution in [0.5, 0.6) is 0 Å². The van der Waals surface area contributed by atoms with E-state index >= 15 is 0 Å². The van der Waals surface area contributed by atoms with E-state index in [0.717, 1.165) is 10.5 Å². The van der Waals surface area contributed by atoms with Crippen LogP contribution in [-0.4, -0.2) is 45.6 Å². The van der Waals surface area contributed by atoms with E-state index in [9.17, 15) is 14.4 Å². The lowest BCUT2D eigenvalue weighted by Gasteiger charge is -2.13. The molecule has 0 radical (unpaired) electrons. The lowest BCUT2D eigenvalue weighted by molar-refractivity contribution is -0.143. The number of carbonyl (C=O) groups is 3. The van der Waals surface area contributed by atoms with Gasteiger partial charge in [0, 0.05) is 13.0 Å². The van der Waals surface area contributed by atoms with Crippen molar-refractivity contribution in [2.24, 2.45) is 0 Å². The molecule has 3 rings (SSSR count). The monoisotopic (exact) mass is 369 g/mol. The first kappa shape index (κ1) is 18.8. The second-order valence-corrected chi connectivity index (χ2v) is 6.81. The third-order valence-corrected chi connectivity index (χ3v) is 4.74. The van der Waals surface area contributed by atoms with Crippen molar-refractivity contribution >= 4 is 17.8 Å². The molecule has 2 amide bonds. The van der Waals surface area contributed by atoms with Crippen LogP contribution in [-0.2, 0) is 20.9 Å². The van der Waals surface area contributed by atoms with Crippen LogP contribution in [0, 0.1) is 20.8 Å². The Morgan fingerprint density at radius 3 is 2.48 bits per heavy atom. The number of nitrogens with zero attached hydrogens (tertiary/aromatic N) is 3. The van der Waals surface area contributed by atoms with Gasteiger partial charge in [0.25, 0.3) is 5.91 Å². The van der Waals surface area contributed by atoms with Gasteiger partial charge in [-0.2, -0.15) is 5.10 Å². The van der Waals surface area contributed by atoms with Crippen molar-refractivity contribution in [3.63, 3.8) is 0 Å². The summed E-state index contributed by atoms with van der Waals surface area (Å²) in [5, 5.41) is 4.43. The van der Waals surface area contributed by atoms with Gasteiger partial charge >= 0.3 is 5.97 Å². The van der Waals surface area contributed by atoms with Gasteiger partial charge in [0.2, 0.25) is 5.91 Å². The number of ether oxygens (including phenoxy) is 1. The Morgan fingerprint density at radius 1 is 1.15 bits per heavy atom. The largest absolute Gasteiger partial charge is 0.452 e. The quantitative estimate of drug-likeness (QED) is 0.755. The number of imide groups is 1. The average molecular weight is 369 g/mol. The molecule has 1 aromatic heterocycles. The molecule has 0 saturated carbocycles. The maximum absolute atomic E-state index is 12.5. The van der Waals surface area contributed by atoms with Crippen molar-refractivity contribution in [2.45, 2.75) is 40.2 Å². The van der Waals surface area contributed by atoms with Crippen molar-refractivity contribution in [3.8, 4) is 0 Å². The number of likely N-dealkylation sites (tertiary alicyclic amines) is 1. The molecule has 2 aromatic rings. The minimum atomic E-state index is -0.597. The van der Waals surface area contributed by atoms with Crippen LogP contribution in [0.4, 0.5) is 0 Å². The van der Waals surface area contributed by atoms with E-state index < -0.39 is 18.5 Å². The summed E-state index contributed by atoms with van der Waals surface area (Å²) in [4.78, 5) is 37.2. The minimum absolute atomic E-state index is 0.214. The third-order valence-electron chi connectivity index (χ3n) is 4.74. The number of benzene rings is 1. The minimum Gasteiger partial charge on any atom is -0.452 e. The molecular formula is C20H23N3O4. The first-order valence-corrected chi connectivity index (χ1v) is 8.96. The van der Waals surface area contributed by atoms with Crippen LogP contribution in [0.3, 0.4) is 0 Å². The van der Waals surface area contributed by atoms with Gasteiger partial charge < -0.3 is 4.74 Å². The van der Waals surface area contributed by atoms with Gasteiger partial charge in [-0.25, -0.2) is 4.79 Å². The number of carbonyl (C=O) groups excluding carboxylic acids is 3. The molecule has 0 aliphatic carbocycles. The number of aromatic nitrogens is 2. The molecule has 2 heterocycles. The van der Waals surface area contributed by atoms with E-state index in [1.54, 1.807) is 18.5 Å². The second kappa shape index (κ2) is 7.73. The Hall–Kier alpha value is -2.96. The van der Waals surface area contributed by atoms with E-state index in [0.29, 0.717) is 42.9 Å². The summed E-state index contributed by atoms with van der Waals surface area (Å²) in [6, 6.07) is 8.11. The molecule has 0 unspecified atom stereocenters. The summed E-state index contributed by atoms with van der Waals surface area (Å²) in [5.41, 5.74) is 3.85. The molecule has 1 aliphatic rings. The van der Waals surface area contributed by atoms with Gasteiger partial charge in [-0.05, 0) is 32.8 Å². The predicted molar refractivity (Wildman–Crippen MR) is 98.2 cm³/mol. The van der Waals surface area contributed by atoms with E-state index in [1.807, 2.05) is 31.2 Å². The van der Waals surface area contributed by atoms with Crippen molar-refractivity contribution in [1.29, 1.82) is 0 Å². The summed E-state index contributed by atoms with van der Waals surface area (Å²) < 4.78 is 6.91. The van der Waals surface area contributed by atoms with Crippen molar-refractivity contribution in [3.05, 3.63) is 52.3 Å². The molecule has 1 aromatic carbocycles. The highest BCUT2D eigenvalue weighted by Crippen LogP contribution is 2.17. The number of esters is 1. The summed E-state index contributed by atoms with van der Waals surface area (Å²) in [5.74, 6) is -1.29. The molecule has 7 heteroatoms. The lowest BCUT2D eigenvalue weighted by atomic mass is 10.1. The van der Waals surface area contributed by atoms with Gasteiger partial charge in [0.1, 0.15) is 5.56 Å². The number of rotatable bonds is 5. The molecule has 1 aliphatic heterocycles. The van der Waals surface area contributed by atoms with Crippen molar-refractivity contribution in [2.75, 3.05) is 13.2 Å². The lowest BCUT2D eigenvalue weighted by Crippen LogP contribution is -2.35. The smallest absolute Gasteiger partial charge is 0.342 e. The van der Waals surface area contributed by atoms with Gasteiger partial charge in [0.05, 0.1) is 17.9 Å². The number of hydrogen-bond donors (Lipinski definition) is 0. The highest BCUT2D eigenvalue weighted by Gasteiger charge is 2.28. The van der Waals surface area contributed by atoms with E-state index in [1.165, 1.54) is 5.56 Å². The molecule has 0 spiro atoms. The Morgan fingerprint density at radius 2 is 1.85 bits per heavy atom. The topological polar surface area (TPSA) is 81.5 Å². The van der Waals surface area contributed by atoms with Crippen molar-refractivity contribution < 1.29 is 19.1 Å². The summed E-state index contributed by atoms with van der Waals surface area (Å²) in [7, 11) is 0. The molecule has 27 heavy (non-hydrogen) atoms. The summed E-state index contributed by atoms with van der Waals surface area (Å²) in [6.45, 7) is 6.06. The van der Waals surface area contributed by atoms with Crippen LogP contribution in [0.2, 0.25) is 0 Å². The fraction of sp³-hybridized carbons (Fsp3) is 0.400.